The van der Waals surface area contributed by atoms with Crippen LogP contribution in [-0.4, -0.2) is 39.5 Å². The third-order valence-corrected chi connectivity index (χ3v) is 2.30. The first kappa shape index (κ1) is 10.8. The molecule has 0 saturated heterocycles. The van der Waals surface area contributed by atoms with Crippen LogP contribution in [0.15, 0.2) is 24.9 Å². The van der Waals surface area contributed by atoms with Crippen molar-refractivity contribution in [2.45, 2.75) is 6.92 Å². The highest BCUT2D eigenvalue weighted by Gasteiger charge is 2.09. The van der Waals surface area contributed by atoms with Crippen LogP contribution in [0.5, 0.6) is 0 Å². The zero-order valence-electron chi connectivity index (χ0n) is 9.27. The molecule has 0 bridgehead atoms. The highest BCUT2D eigenvalue weighted by molar-refractivity contribution is 6.28. The molecule has 0 N–H and O–H groups in total. The highest BCUT2D eigenvalue weighted by atomic mass is 35.5. The van der Waals surface area contributed by atoms with Gasteiger partial charge in [-0.3, -0.25) is 0 Å². The second kappa shape index (κ2) is 4.15. The molecule has 8 nitrogen and oxygen atoms in total. The molecule has 0 spiro atoms. The van der Waals surface area contributed by atoms with E-state index in [1.54, 1.807) is 6.20 Å². The van der Waals surface area contributed by atoms with Gasteiger partial charge in [0.2, 0.25) is 5.28 Å². The van der Waals surface area contributed by atoms with Crippen LogP contribution < -0.4 is 0 Å². The average molecular weight is 263 g/mol. The average Bonchev–Trinajstić information content (AvgIpc) is 2.98. The third kappa shape index (κ3) is 1.93. The molecule has 3 rings (SSSR count). The maximum Gasteiger partial charge on any atom is 0.258 e. The largest absolute Gasteiger partial charge is 0.258 e. The summed E-state index contributed by atoms with van der Waals surface area (Å²) < 4.78 is 2.91. The molecular weight excluding hydrogens is 256 g/mol. The van der Waals surface area contributed by atoms with E-state index in [2.05, 4.69) is 30.1 Å². The zero-order chi connectivity index (χ0) is 12.5. The number of aromatic nitrogens is 8. The number of hydrogen-bond donors (Lipinski definition) is 0. The molecule has 0 amide bonds. The topological polar surface area (TPSA) is 87.2 Å². The Hall–Kier alpha value is -2.35. The van der Waals surface area contributed by atoms with Crippen LogP contribution >= 0.6 is 11.6 Å². The molecule has 0 unspecified atom stereocenters. The first-order chi connectivity index (χ1) is 8.72. The van der Waals surface area contributed by atoms with Gasteiger partial charge in [0.15, 0.2) is 0 Å². The van der Waals surface area contributed by atoms with Crippen molar-refractivity contribution in [1.29, 1.82) is 0 Å². The predicted molar refractivity (Wildman–Crippen MR) is 61.6 cm³/mol. The summed E-state index contributed by atoms with van der Waals surface area (Å²) in [4.78, 5) is 16.0. The van der Waals surface area contributed by atoms with E-state index in [0.717, 1.165) is 5.69 Å². The van der Waals surface area contributed by atoms with E-state index in [4.69, 9.17) is 11.6 Å². The second-order valence-corrected chi connectivity index (χ2v) is 3.78. The van der Waals surface area contributed by atoms with Crippen molar-refractivity contribution in [1.82, 2.24) is 39.5 Å². The van der Waals surface area contributed by atoms with Gasteiger partial charge in [-0.05, 0) is 24.6 Å². The van der Waals surface area contributed by atoms with Crippen LogP contribution in [0, 0.1) is 6.92 Å². The fourth-order valence-corrected chi connectivity index (χ4v) is 1.52. The first-order valence-electron chi connectivity index (χ1n) is 5.01. The quantitative estimate of drug-likeness (QED) is 0.672. The lowest BCUT2D eigenvalue weighted by molar-refractivity contribution is 0.739. The van der Waals surface area contributed by atoms with Gasteiger partial charge in [0, 0.05) is 6.20 Å². The molecule has 0 aliphatic carbocycles. The van der Waals surface area contributed by atoms with Crippen LogP contribution in [0.4, 0.5) is 0 Å². The normalized spacial score (nSPS) is 10.8. The second-order valence-electron chi connectivity index (χ2n) is 3.45. The molecule has 0 fully saturated rings. The van der Waals surface area contributed by atoms with Gasteiger partial charge in [0.25, 0.3) is 11.9 Å². The SMILES string of the molecule is Cc1ccn(-c2nc(Cl)nc(-n3cncn3)n2)n1. The Balaban J connectivity index is 2.11. The number of aryl methyl sites for hydroxylation is 1. The minimum Gasteiger partial charge on any atom is -0.223 e. The molecule has 0 atom stereocenters. The summed E-state index contributed by atoms with van der Waals surface area (Å²) >= 11 is 5.86. The standard InChI is InChI=1S/C9H7ClN8/c1-6-2-3-17(16-6)8-13-7(10)14-9(15-8)18-5-11-4-12-18/h2-5H,1H3. The van der Waals surface area contributed by atoms with Crippen molar-refractivity contribution < 1.29 is 0 Å². The van der Waals surface area contributed by atoms with Crippen LogP contribution in [0.1, 0.15) is 5.69 Å². The summed E-state index contributed by atoms with van der Waals surface area (Å²) in [5.74, 6) is 0.615. The van der Waals surface area contributed by atoms with Crippen molar-refractivity contribution in [3.05, 3.63) is 35.9 Å². The first-order valence-corrected chi connectivity index (χ1v) is 5.39. The van der Waals surface area contributed by atoms with Gasteiger partial charge in [-0.25, -0.2) is 9.67 Å². The lowest BCUT2D eigenvalue weighted by atomic mass is 10.5. The third-order valence-electron chi connectivity index (χ3n) is 2.14. The van der Waals surface area contributed by atoms with Crippen molar-refractivity contribution in [2.75, 3.05) is 0 Å². The molecule has 0 radical (unpaired) electrons. The Bertz CT molecular complexity index is 674. The Morgan fingerprint density at radius 1 is 1.11 bits per heavy atom. The maximum atomic E-state index is 5.86. The molecule has 0 aliphatic heterocycles. The highest BCUT2D eigenvalue weighted by Crippen LogP contribution is 2.08. The van der Waals surface area contributed by atoms with Crippen molar-refractivity contribution >= 4 is 11.6 Å². The van der Waals surface area contributed by atoms with E-state index in [0.29, 0.717) is 5.95 Å². The molecule has 90 valence electrons. The molecule has 3 aromatic heterocycles. The Morgan fingerprint density at radius 3 is 2.50 bits per heavy atom. The number of nitrogens with zero attached hydrogens (tertiary/aromatic N) is 8. The molecular formula is C9H7ClN8. The molecule has 18 heavy (non-hydrogen) atoms. The van der Waals surface area contributed by atoms with E-state index in [1.807, 2.05) is 13.0 Å². The smallest absolute Gasteiger partial charge is 0.223 e. The fourth-order valence-electron chi connectivity index (χ4n) is 1.37. The number of rotatable bonds is 2. The molecule has 3 aromatic rings. The Kier molecular flexibility index (Phi) is 2.49. The van der Waals surface area contributed by atoms with Crippen LogP contribution in [-0.2, 0) is 0 Å². The van der Waals surface area contributed by atoms with Crippen molar-refractivity contribution in [2.24, 2.45) is 0 Å². The zero-order valence-corrected chi connectivity index (χ0v) is 10.0. The summed E-state index contributed by atoms with van der Waals surface area (Å²) in [7, 11) is 0. The van der Waals surface area contributed by atoms with E-state index in [1.165, 1.54) is 22.0 Å². The summed E-state index contributed by atoms with van der Waals surface area (Å²) in [5.41, 5.74) is 0.855. The molecule has 9 heteroatoms. The van der Waals surface area contributed by atoms with E-state index in [9.17, 15) is 0 Å². The molecule has 0 aromatic carbocycles. The van der Waals surface area contributed by atoms with Crippen LogP contribution in [0.2, 0.25) is 5.28 Å². The minimum absolute atomic E-state index is 0.0682. The van der Waals surface area contributed by atoms with Crippen molar-refractivity contribution in [3.8, 4) is 11.9 Å². The minimum atomic E-state index is 0.0682. The number of hydrogen-bond acceptors (Lipinski definition) is 6. The summed E-state index contributed by atoms with van der Waals surface area (Å²) in [6.07, 6.45) is 4.60. The van der Waals surface area contributed by atoms with Crippen LogP contribution in [0.3, 0.4) is 0 Å². The van der Waals surface area contributed by atoms with E-state index >= 15 is 0 Å². The lowest BCUT2D eigenvalue weighted by Gasteiger charge is -2.02. The summed E-state index contributed by atoms with van der Waals surface area (Å²) in [6.45, 7) is 1.87. The monoisotopic (exact) mass is 262 g/mol. The summed E-state index contributed by atoms with van der Waals surface area (Å²) in [6, 6.07) is 1.84. The van der Waals surface area contributed by atoms with Crippen molar-refractivity contribution in [3.63, 3.8) is 0 Å². The lowest BCUT2D eigenvalue weighted by Crippen LogP contribution is -2.09. The van der Waals surface area contributed by atoms with E-state index in [-0.39, 0.29) is 11.2 Å². The van der Waals surface area contributed by atoms with Gasteiger partial charge in [0.05, 0.1) is 5.69 Å². The number of halogens is 1. The Morgan fingerprint density at radius 2 is 1.89 bits per heavy atom. The molecule has 0 aliphatic rings. The van der Waals surface area contributed by atoms with Gasteiger partial charge in [-0.15, -0.1) is 0 Å². The predicted octanol–water partition coefficient (Wildman–Crippen LogP) is 0.600. The van der Waals surface area contributed by atoms with Gasteiger partial charge in [0.1, 0.15) is 12.7 Å². The van der Waals surface area contributed by atoms with Gasteiger partial charge >= 0.3 is 0 Å². The Labute approximate surface area is 106 Å². The van der Waals surface area contributed by atoms with Gasteiger partial charge in [-0.2, -0.15) is 29.8 Å². The van der Waals surface area contributed by atoms with Gasteiger partial charge < -0.3 is 0 Å². The van der Waals surface area contributed by atoms with Gasteiger partial charge in [-0.1, -0.05) is 0 Å². The summed E-state index contributed by atoms with van der Waals surface area (Å²) in [5, 5.41) is 8.20. The van der Waals surface area contributed by atoms with Crippen LogP contribution in [0.25, 0.3) is 11.9 Å². The fraction of sp³-hybridized carbons (Fsp3) is 0.111. The van der Waals surface area contributed by atoms with E-state index < -0.39 is 0 Å². The molecule has 3 heterocycles. The maximum absolute atomic E-state index is 5.86. The molecule has 0 saturated carbocycles.